The molecule has 8 heteroatoms. The summed E-state index contributed by atoms with van der Waals surface area (Å²) in [5, 5.41) is 16.5. The molecule has 0 saturated heterocycles. The Labute approximate surface area is 137 Å². The summed E-state index contributed by atoms with van der Waals surface area (Å²) in [5.74, 6) is 1.42. The van der Waals surface area contributed by atoms with Crippen LogP contribution in [0.4, 0.5) is 5.69 Å². The number of aromatic nitrogens is 4. The molecule has 0 spiro atoms. The number of carbonyl (C=O) groups is 1. The van der Waals surface area contributed by atoms with Gasteiger partial charge in [0.2, 0.25) is 5.82 Å². The Kier molecular flexibility index (Phi) is 4.37. The van der Waals surface area contributed by atoms with E-state index in [0.717, 1.165) is 5.56 Å². The van der Waals surface area contributed by atoms with Gasteiger partial charge in [0.05, 0.1) is 14.2 Å². The van der Waals surface area contributed by atoms with E-state index in [-0.39, 0.29) is 5.91 Å². The van der Waals surface area contributed by atoms with E-state index in [1.54, 1.807) is 56.7 Å². The zero-order chi connectivity index (χ0) is 16.9. The van der Waals surface area contributed by atoms with E-state index < -0.39 is 0 Å². The lowest BCUT2D eigenvalue weighted by Gasteiger charge is -2.10. The van der Waals surface area contributed by atoms with E-state index in [2.05, 4.69) is 25.9 Å². The zero-order valence-electron chi connectivity index (χ0n) is 13.1. The molecule has 2 aromatic carbocycles. The fourth-order valence-electron chi connectivity index (χ4n) is 2.14. The lowest BCUT2D eigenvalue weighted by molar-refractivity contribution is 0.102. The van der Waals surface area contributed by atoms with Crippen LogP contribution in [-0.2, 0) is 0 Å². The number of anilines is 1. The summed E-state index contributed by atoms with van der Waals surface area (Å²) in [6.07, 6.45) is 0. The van der Waals surface area contributed by atoms with Gasteiger partial charge in [-0.2, -0.15) is 5.21 Å². The first kappa shape index (κ1) is 15.5. The van der Waals surface area contributed by atoms with Gasteiger partial charge in [0.25, 0.3) is 5.91 Å². The van der Waals surface area contributed by atoms with E-state index in [0.29, 0.717) is 28.6 Å². The molecule has 0 atom stereocenters. The number of methoxy groups -OCH3 is 2. The lowest BCUT2D eigenvalue weighted by atomic mass is 10.1. The monoisotopic (exact) mass is 325 g/mol. The Bertz CT molecular complexity index is 809. The van der Waals surface area contributed by atoms with Crippen LogP contribution in [0.5, 0.6) is 11.5 Å². The summed E-state index contributed by atoms with van der Waals surface area (Å²) < 4.78 is 10.4. The molecule has 0 unspecified atom stereocenters. The number of H-pyrrole nitrogens is 1. The molecule has 0 radical (unpaired) electrons. The molecule has 0 saturated carbocycles. The van der Waals surface area contributed by atoms with Crippen molar-refractivity contribution in [2.45, 2.75) is 0 Å². The number of amides is 1. The molecule has 0 aliphatic carbocycles. The minimum Gasteiger partial charge on any atom is -0.497 e. The van der Waals surface area contributed by atoms with Gasteiger partial charge in [-0.1, -0.05) is 12.1 Å². The molecule has 0 aliphatic rings. The third-order valence-corrected chi connectivity index (χ3v) is 3.36. The van der Waals surface area contributed by atoms with Crippen LogP contribution >= 0.6 is 0 Å². The second kappa shape index (κ2) is 6.78. The van der Waals surface area contributed by atoms with Crippen LogP contribution in [0.25, 0.3) is 11.4 Å². The van der Waals surface area contributed by atoms with Crippen molar-refractivity contribution in [1.29, 1.82) is 0 Å². The first-order valence-electron chi connectivity index (χ1n) is 7.08. The first-order chi connectivity index (χ1) is 11.7. The van der Waals surface area contributed by atoms with E-state index in [4.69, 9.17) is 9.47 Å². The Balaban J connectivity index is 1.77. The number of hydrogen-bond acceptors (Lipinski definition) is 6. The van der Waals surface area contributed by atoms with E-state index in [9.17, 15) is 4.79 Å². The topological polar surface area (TPSA) is 102 Å². The number of ether oxygens (including phenoxy) is 2. The van der Waals surface area contributed by atoms with Gasteiger partial charge in [-0.15, -0.1) is 10.2 Å². The van der Waals surface area contributed by atoms with Crippen molar-refractivity contribution >= 4 is 11.6 Å². The highest BCUT2D eigenvalue weighted by molar-refractivity contribution is 6.04. The molecule has 3 aromatic rings. The van der Waals surface area contributed by atoms with E-state index in [1.165, 1.54) is 0 Å². The number of nitrogens with zero attached hydrogens (tertiary/aromatic N) is 3. The maximum Gasteiger partial charge on any atom is 0.255 e. The predicted molar refractivity (Wildman–Crippen MR) is 87.1 cm³/mol. The number of aromatic amines is 1. The standard InChI is InChI=1S/C16H15N5O3/c1-23-13-7-12(8-14(9-13)24-2)17-16(22)11-5-3-10(4-6-11)15-18-20-21-19-15/h3-9H,1-2H3,(H,17,22)(H,18,19,20,21). The first-order valence-corrected chi connectivity index (χ1v) is 7.08. The van der Waals surface area contributed by atoms with Gasteiger partial charge < -0.3 is 14.8 Å². The number of carbonyl (C=O) groups excluding carboxylic acids is 1. The molecule has 122 valence electrons. The highest BCUT2D eigenvalue weighted by atomic mass is 16.5. The average Bonchev–Trinajstić information content (AvgIpc) is 3.16. The van der Waals surface area contributed by atoms with E-state index in [1.807, 2.05) is 0 Å². The molecule has 0 bridgehead atoms. The molecular formula is C16H15N5O3. The van der Waals surface area contributed by atoms with Gasteiger partial charge in [0, 0.05) is 35.0 Å². The fraction of sp³-hybridized carbons (Fsp3) is 0.125. The number of nitrogens with one attached hydrogen (secondary N) is 2. The van der Waals surface area contributed by atoms with Crippen LogP contribution in [0.2, 0.25) is 0 Å². The van der Waals surface area contributed by atoms with Crippen molar-refractivity contribution < 1.29 is 14.3 Å². The second-order valence-electron chi connectivity index (χ2n) is 4.87. The van der Waals surface area contributed by atoms with Crippen LogP contribution < -0.4 is 14.8 Å². The highest BCUT2D eigenvalue weighted by Gasteiger charge is 2.10. The van der Waals surface area contributed by atoms with Crippen molar-refractivity contribution in [1.82, 2.24) is 20.6 Å². The molecule has 8 nitrogen and oxygen atoms in total. The smallest absolute Gasteiger partial charge is 0.255 e. The highest BCUT2D eigenvalue weighted by Crippen LogP contribution is 2.26. The molecule has 1 aromatic heterocycles. The number of tetrazole rings is 1. The SMILES string of the molecule is COc1cc(NC(=O)c2ccc(-c3nn[nH]n3)cc2)cc(OC)c1. The number of benzene rings is 2. The largest absolute Gasteiger partial charge is 0.497 e. The van der Waals surface area contributed by atoms with Crippen molar-refractivity contribution in [2.75, 3.05) is 19.5 Å². The zero-order valence-corrected chi connectivity index (χ0v) is 13.1. The minimum absolute atomic E-state index is 0.245. The summed E-state index contributed by atoms with van der Waals surface area (Å²) in [4.78, 5) is 12.4. The normalized spacial score (nSPS) is 10.2. The van der Waals surface area contributed by atoms with Crippen LogP contribution in [-0.4, -0.2) is 40.8 Å². The lowest BCUT2D eigenvalue weighted by Crippen LogP contribution is -2.12. The van der Waals surface area contributed by atoms with Gasteiger partial charge in [0.15, 0.2) is 0 Å². The molecule has 1 heterocycles. The summed E-state index contributed by atoms with van der Waals surface area (Å²) in [5.41, 5.74) is 1.85. The Hall–Kier alpha value is -3.42. The summed E-state index contributed by atoms with van der Waals surface area (Å²) in [6, 6.07) is 12.1. The third kappa shape index (κ3) is 3.32. The fourth-order valence-corrected chi connectivity index (χ4v) is 2.14. The minimum atomic E-state index is -0.245. The van der Waals surface area contributed by atoms with Crippen molar-refractivity contribution in [2.24, 2.45) is 0 Å². The van der Waals surface area contributed by atoms with E-state index >= 15 is 0 Å². The van der Waals surface area contributed by atoms with Crippen molar-refractivity contribution in [3.05, 3.63) is 48.0 Å². The molecule has 2 N–H and O–H groups in total. The van der Waals surface area contributed by atoms with Gasteiger partial charge in [0.1, 0.15) is 11.5 Å². The van der Waals surface area contributed by atoms with Crippen molar-refractivity contribution in [3.8, 4) is 22.9 Å². The van der Waals surface area contributed by atoms with Gasteiger partial charge in [-0.3, -0.25) is 4.79 Å². The predicted octanol–water partition coefficient (Wildman–Crippen LogP) is 2.14. The molecule has 1 amide bonds. The van der Waals surface area contributed by atoms with Crippen molar-refractivity contribution in [3.63, 3.8) is 0 Å². The average molecular weight is 325 g/mol. The molecule has 24 heavy (non-hydrogen) atoms. The molecule has 0 fully saturated rings. The Morgan fingerprint density at radius 3 is 2.25 bits per heavy atom. The van der Waals surface area contributed by atoms with Crippen LogP contribution in [0.15, 0.2) is 42.5 Å². The quantitative estimate of drug-likeness (QED) is 0.745. The maximum atomic E-state index is 12.4. The summed E-state index contributed by atoms with van der Waals surface area (Å²) in [6.45, 7) is 0. The Morgan fingerprint density at radius 1 is 1.04 bits per heavy atom. The number of hydrogen-bond donors (Lipinski definition) is 2. The Morgan fingerprint density at radius 2 is 1.71 bits per heavy atom. The van der Waals surface area contributed by atoms with Gasteiger partial charge >= 0.3 is 0 Å². The number of rotatable bonds is 5. The maximum absolute atomic E-state index is 12.4. The molecule has 0 aliphatic heterocycles. The van der Waals surface area contributed by atoms with Crippen LogP contribution in [0, 0.1) is 0 Å². The third-order valence-electron chi connectivity index (χ3n) is 3.36. The van der Waals surface area contributed by atoms with Crippen LogP contribution in [0.3, 0.4) is 0 Å². The van der Waals surface area contributed by atoms with Gasteiger partial charge in [-0.05, 0) is 17.3 Å². The molecular weight excluding hydrogens is 310 g/mol. The van der Waals surface area contributed by atoms with Gasteiger partial charge in [-0.25, -0.2) is 0 Å². The second-order valence-corrected chi connectivity index (χ2v) is 4.87. The van der Waals surface area contributed by atoms with Crippen LogP contribution in [0.1, 0.15) is 10.4 Å². The summed E-state index contributed by atoms with van der Waals surface area (Å²) >= 11 is 0. The summed E-state index contributed by atoms with van der Waals surface area (Å²) in [7, 11) is 3.11. The molecule has 3 rings (SSSR count).